The highest BCUT2D eigenvalue weighted by Crippen LogP contribution is 2.26. The van der Waals surface area contributed by atoms with Gasteiger partial charge in [0.05, 0.1) is 20.8 Å². The van der Waals surface area contributed by atoms with E-state index >= 15 is 0 Å². The zero-order chi connectivity index (χ0) is 19.2. The van der Waals surface area contributed by atoms with Crippen molar-refractivity contribution < 1.29 is 27.7 Å². The van der Waals surface area contributed by atoms with Crippen molar-refractivity contribution in [3.05, 3.63) is 53.6 Å². The van der Waals surface area contributed by atoms with Gasteiger partial charge in [0.2, 0.25) is 0 Å². The summed E-state index contributed by atoms with van der Waals surface area (Å²) in [5.41, 5.74) is 1.05. The van der Waals surface area contributed by atoms with Crippen molar-refractivity contribution in [3.8, 4) is 17.2 Å². The van der Waals surface area contributed by atoms with Gasteiger partial charge in [0.25, 0.3) is 0 Å². The highest BCUT2D eigenvalue weighted by atomic mass is 19.1. The topological polar surface area (TPSA) is 40.2 Å². The lowest BCUT2D eigenvalue weighted by molar-refractivity contribution is -0.0510. The van der Waals surface area contributed by atoms with Gasteiger partial charge in [0.15, 0.2) is 11.6 Å². The minimum absolute atomic E-state index is 0.0222. The molecule has 1 atom stereocenters. The summed E-state index contributed by atoms with van der Waals surface area (Å²) in [7, 11) is 3.25. The Bertz CT molecular complexity index is 772. The van der Waals surface area contributed by atoms with E-state index < -0.39 is 11.6 Å². The number of morpholine rings is 1. The standard InChI is InChI=1S/C20H23F2NO4/c1-24-16-5-3-14(20(10-16)25-2)11-23-7-8-26-17(12-23)13-27-19-6-4-15(21)9-18(19)22/h3-6,9-10,17H,7-8,11-13H2,1-2H3. The van der Waals surface area contributed by atoms with Crippen LogP contribution in [-0.2, 0) is 11.3 Å². The van der Waals surface area contributed by atoms with Gasteiger partial charge in [0, 0.05) is 37.3 Å². The van der Waals surface area contributed by atoms with Gasteiger partial charge in [-0.2, -0.15) is 0 Å². The smallest absolute Gasteiger partial charge is 0.167 e. The predicted molar refractivity (Wildman–Crippen MR) is 96.4 cm³/mol. The lowest BCUT2D eigenvalue weighted by atomic mass is 10.1. The molecular weight excluding hydrogens is 356 g/mol. The van der Waals surface area contributed by atoms with Crippen molar-refractivity contribution in [2.75, 3.05) is 40.5 Å². The molecule has 0 amide bonds. The molecule has 146 valence electrons. The second-order valence-electron chi connectivity index (χ2n) is 6.29. The molecule has 1 unspecified atom stereocenters. The number of ether oxygens (including phenoxy) is 4. The molecule has 1 heterocycles. The van der Waals surface area contributed by atoms with E-state index in [1.54, 1.807) is 14.2 Å². The van der Waals surface area contributed by atoms with Gasteiger partial charge in [-0.1, -0.05) is 6.07 Å². The fourth-order valence-electron chi connectivity index (χ4n) is 3.02. The maximum Gasteiger partial charge on any atom is 0.167 e. The van der Waals surface area contributed by atoms with E-state index in [2.05, 4.69) is 4.90 Å². The van der Waals surface area contributed by atoms with Crippen LogP contribution in [0, 0.1) is 11.6 Å². The summed E-state index contributed by atoms with van der Waals surface area (Å²) in [6.07, 6.45) is -0.201. The zero-order valence-corrected chi connectivity index (χ0v) is 15.4. The molecule has 2 aromatic carbocycles. The summed E-state index contributed by atoms with van der Waals surface area (Å²) in [6, 6.07) is 8.99. The lowest BCUT2D eigenvalue weighted by Crippen LogP contribution is -2.44. The number of methoxy groups -OCH3 is 2. The molecule has 0 N–H and O–H groups in total. The van der Waals surface area contributed by atoms with Crippen LogP contribution in [0.2, 0.25) is 0 Å². The molecule has 2 aromatic rings. The van der Waals surface area contributed by atoms with Crippen LogP contribution >= 0.6 is 0 Å². The summed E-state index contributed by atoms with van der Waals surface area (Å²) >= 11 is 0. The second kappa shape index (κ2) is 9.01. The summed E-state index contributed by atoms with van der Waals surface area (Å²) in [4.78, 5) is 2.23. The molecule has 0 aliphatic carbocycles. The molecule has 3 rings (SSSR count). The second-order valence-corrected chi connectivity index (χ2v) is 6.29. The van der Waals surface area contributed by atoms with E-state index in [1.165, 1.54) is 12.1 Å². The largest absolute Gasteiger partial charge is 0.497 e. The highest BCUT2D eigenvalue weighted by Gasteiger charge is 2.22. The summed E-state index contributed by atoms with van der Waals surface area (Å²) in [5.74, 6) is 0.181. The van der Waals surface area contributed by atoms with Crippen LogP contribution < -0.4 is 14.2 Å². The van der Waals surface area contributed by atoms with Gasteiger partial charge in [-0.15, -0.1) is 0 Å². The third-order valence-corrected chi connectivity index (χ3v) is 4.43. The number of hydrogen-bond acceptors (Lipinski definition) is 5. The molecule has 0 aromatic heterocycles. The van der Waals surface area contributed by atoms with E-state index in [4.69, 9.17) is 18.9 Å². The molecule has 1 aliphatic rings. The first-order chi connectivity index (χ1) is 13.1. The molecule has 0 saturated carbocycles. The fourth-order valence-corrected chi connectivity index (χ4v) is 3.02. The number of nitrogens with zero attached hydrogens (tertiary/aromatic N) is 1. The van der Waals surface area contributed by atoms with Crippen LogP contribution in [0.5, 0.6) is 17.2 Å². The monoisotopic (exact) mass is 379 g/mol. The zero-order valence-electron chi connectivity index (χ0n) is 15.4. The Morgan fingerprint density at radius 2 is 1.93 bits per heavy atom. The van der Waals surface area contributed by atoms with Gasteiger partial charge in [0.1, 0.15) is 30.0 Å². The third-order valence-electron chi connectivity index (χ3n) is 4.43. The molecule has 1 fully saturated rings. The van der Waals surface area contributed by atoms with Crippen LogP contribution in [0.3, 0.4) is 0 Å². The Labute approximate surface area is 157 Å². The van der Waals surface area contributed by atoms with E-state index in [9.17, 15) is 8.78 Å². The third kappa shape index (κ3) is 5.08. The van der Waals surface area contributed by atoms with Crippen LogP contribution in [0.15, 0.2) is 36.4 Å². The van der Waals surface area contributed by atoms with Crippen molar-refractivity contribution in [2.24, 2.45) is 0 Å². The Hall–Kier alpha value is -2.38. The normalized spacial score (nSPS) is 17.6. The Kier molecular flexibility index (Phi) is 6.47. The summed E-state index contributed by atoms with van der Waals surface area (Å²) in [5, 5.41) is 0. The van der Waals surface area contributed by atoms with Gasteiger partial charge < -0.3 is 18.9 Å². The van der Waals surface area contributed by atoms with Crippen LogP contribution in [0.25, 0.3) is 0 Å². The Balaban J connectivity index is 1.58. The number of rotatable bonds is 7. The molecule has 0 spiro atoms. The molecule has 1 saturated heterocycles. The molecule has 27 heavy (non-hydrogen) atoms. The van der Waals surface area contributed by atoms with Gasteiger partial charge in [-0.05, 0) is 18.2 Å². The summed E-state index contributed by atoms with van der Waals surface area (Å²) in [6.45, 7) is 2.85. The van der Waals surface area contributed by atoms with E-state index in [-0.39, 0.29) is 18.5 Å². The molecule has 5 nitrogen and oxygen atoms in total. The van der Waals surface area contributed by atoms with Gasteiger partial charge >= 0.3 is 0 Å². The first-order valence-corrected chi connectivity index (χ1v) is 8.71. The maximum atomic E-state index is 13.7. The lowest BCUT2D eigenvalue weighted by Gasteiger charge is -2.33. The van der Waals surface area contributed by atoms with E-state index in [1.807, 2.05) is 18.2 Å². The number of hydrogen-bond donors (Lipinski definition) is 0. The van der Waals surface area contributed by atoms with Crippen LogP contribution in [0.1, 0.15) is 5.56 Å². The van der Waals surface area contributed by atoms with Crippen molar-refractivity contribution in [1.29, 1.82) is 0 Å². The maximum absolute atomic E-state index is 13.7. The SMILES string of the molecule is COc1ccc(CN2CCOC(COc3ccc(F)cc3F)C2)c(OC)c1. The van der Waals surface area contributed by atoms with Crippen LogP contribution in [0.4, 0.5) is 8.78 Å². The van der Waals surface area contributed by atoms with E-state index in [0.717, 1.165) is 29.7 Å². The molecule has 1 aliphatic heterocycles. The Morgan fingerprint density at radius 3 is 2.67 bits per heavy atom. The van der Waals surface area contributed by atoms with Crippen molar-refractivity contribution in [2.45, 2.75) is 12.6 Å². The van der Waals surface area contributed by atoms with Crippen molar-refractivity contribution in [3.63, 3.8) is 0 Å². The first-order valence-electron chi connectivity index (χ1n) is 8.71. The van der Waals surface area contributed by atoms with E-state index in [0.29, 0.717) is 19.7 Å². The van der Waals surface area contributed by atoms with Gasteiger partial charge in [-0.25, -0.2) is 8.78 Å². The highest BCUT2D eigenvalue weighted by molar-refractivity contribution is 5.40. The average molecular weight is 379 g/mol. The Morgan fingerprint density at radius 1 is 1.07 bits per heavy atom. The van der Waals surface area contributed by atoms with Gasteiger partial charge in [-0.3, -0.25) is 4.90 Å². The minimum atomic E-state index is -0.717. The molecule has 7 heteroatoms. The minimum Gasteiger partial charge on any atom is -0.497 e. The fraction of sp³-hybridized carbons (Fsp3) is 0.400. The number of benzene rings is 2. The summed E-state index contributed by atoms with van der Waals surface area (Å²) < 4.78 is 48.5. The van der Waals surface area contributed by atoms with Crippen LogP contribution in [-0.4, -0.2) is 51.5 Å². The molecule has 0 bridgehead atoms. The quantitative estimate of drug-likeness (QED) is 0.739. The molecular formula is C20H23F2NO4. The van der Waals surface area contributed by atoms with Crippen molar-refractivity contribution in [1.82, 2.24) is 4.90 Å². The molecule has 0 radical (unpaired) electrons. The first kappa shape index (κ1) is 19.4. The number of halogens is 2. The predicted octanol–water partition coefficient (Wildman–Crippen LogP) is 3.26. The average Bonchev–Trinajstić information content (AvgIpc) is 2.68. The van der Waals surface area contributed by atoms with Crippen molar-refractivity contribution >= 4 is 0 Å².